The molecular weight excluding hydrogens is 354 g/mol. The van der Waals surface area contributed by atoms with Gasteiger partial charge < -0.3 is 10.1 Å². The van der Waals surface area contributed by atoms with Gasteiger partial charge in [0.1, 0.15) is 5.75 Å². The highest BCUT2D eigenvalue weighted by molar-refractivity contribution is 7.09. The lowest BCUT2D eigenvalue weighted by Gasteiger charge is -2.31. The van der Waals surface area contributed by atoms with Crippen LogP contribution < -0.4 is 10.1 Å². The van der Waals surface area contributed by atoms with Crippen molar-refractivity contribution in [3.63, 3.8) is 0 Å². The molecule has 3 rings (SSSR count). The molecule has 1 aromatic carbocycles. The molecule has 27 heavy (non-hydrogen) atoms. The summed E-state index contributed by atoms with van der Waals surface area (Å²) in [6, 6.07) is 14.8. The van der Waals surface area contributed by atoms with Crippen LogP contribution in [0, 0.1) is 17.2 Å². The van der Waals surface area contributed by atoms with Gasteiger partial charge in [-0.2, -0.15) is 5.26 Å². The highest BCUT2D eigenvalue weighted by atomic mass is 32.1. The molecule has 0 radical (unpaired) electrons. The predicted octanol–water partition coefficient (Wildman–Crippen LogP) is 4.43. The first-order valence-corrected chi connectivity index (χ1v) is 10.8. The number of likely N-dealkylation sites (tertiary alicyclic amines) is 1. The number of hydrogen-bond donors (Lipinski definition) is 1. The maximum absolute atomic E-state index is 8.57. The molecule has 1 aliphatic rings. The topological polar surface area (TPSA) is 48.3 Å². The molecule has 2 heterocycles. The van der Waals surface area contributed by atoms with Crippen molar-refractivity contribution in [2.45, 2.75) is 38.8 Å². The average Bonchev–Trinajstić information content (AvgIpc) is 3.20. The van der Waals surface area contributed by atoms with Crippen molar-refractivity contribution >= 4 is 11.3 Å². The number of unbranched alkanes of at least 4 members (excludes halogenated alkanes) is 1. The molecule has 4 nitrogen and oxygen atoms in total. The van der Waals surface area contributed by atoms with Gasteiger partial charge in [-0.1, -0.05) is 18.2 Å². The quantitative estimate of drug-likeness (QED) is 0.617. The summed E-state index contributed by atoms with van der Waals surface area (Å²) in [6.07, 6.45) is 3.89. The van der Waals surface area contributed by atoms with E-state index in [4.69, 9.17) is 10.00 Å². The molecule has 0 amide bonds. The maximum atomic E-state index is 8.57. The van der Waals surface area contributed by atoms with Crippen LogP contribution in [0.2, 0.25) is 0 Å². The SMILES string of the molecule is N#CCCCOc1cccc(CNCC2CCN(Cc3cccs3)CC2)c1. The van der Waals surface area contributed by atoms with E-state index in [1.54, 1.807) is 0 Å². The van der Waals surface area contributed by atoms with Crippen molar-refractivity contribution in [2.75, 3.05) is 26.2 Å². The summed E-state index contributed by atoms with van der Waals surface area (Å²) in [5.41, 5.74) is 1.25. The van der Waals surface area contributed by atoms with Crippen LogP contribution >= 0.6 is 11.3 Å². The lowest BCUT2D eigenvalue weighted by atomic mass is 9.96. The molecule has 0 unspecified atom stereocenters. The van der Waals surface area contributed by atoms with Crippen LogP contribution in [0.25, 0.3) is 0 Å². The molecule has 144 valence electrons. The van der Waals surface area contributed by atoms with E-state index in [1.807, 2.05) is 23.5 Å². The Kier molecular flexibility index (Phi) is 8.16. The van der Waals surface area contributed by atoms with Gasteiger partial charge in [0.15, 0.2) is 0 Å². The Labute approximate surface area is 166 Å². The minimum atomic E-state index is 0.549. The number of nitrogens with zero attached hydrogens (tertiary/aromatic N) is 2. The van der Waals surface area contributed by atoms with Gasteiger partial charge in [-0.05, 0) is 74.0 Å². The average molecular weight is 384 g/mol. The third kappa shape index (κ3) is 6.99. The Morgan fingerprint density at radius 1 is 1.22 bits per heavy atom. The molecule has 1 N–H and O–H groups in total. The molecule has 1 aromatic heterocycles. The van der Waals surface area contributed by atoms with Crippen LogP contribution in [-0.4, -0.2) is 31.1 Å². The fourth-order valence-corrected chi connectivity index (χ4v) is 4.22. The Balaban J connectivity index is 1.32. The van der Waals surface area contributed by atoms with E-state index in [0.29, 0.717) is 13.0 Å². The number of piperidine rings is 1. The number of nitriles is 1. The summed E-state index contributed by atoms with van der Waals surface area (Å²) in [4.78, 5) is 4.05. The fourth-order valence-electron chi connectivity index (χ4n) is 3.48. The summed E-state index contributed by atoms with van der Waals surface area (Å²) in [7, 11) is 0. The lowest BCUT2D eigenvalue weighted by molar-refractivity contribution is 0.176. The molecule has 1 fully saturated rings. The van der Waals surface area contributed by atoms with E-state index in [-0.39, 0.29) is 0 Å². The van der Waals surface area contributed by atoms with E-state index in [0.717, 1.165) is 37.7 Å². The van der Waals surface area contributed by atoms with E-state index in [2.05, 4.69) is 45.9 Å². The van der Waals surface area contributed by atoms with Crippen LogP contribution in [0.15, 0.2) is 41.8 Å². The summed E-state index contributed by atoms with van der Waals surface area (Å²) < 4.78 is 5.72. The molecule has 0 atom stereocenters. The van der Waals surface area contributed by atoms with E-state index >= 15 is 0 Å². The summed E-state index contributed by atoms with van der Waals surface area (Å²) in [5, 5.41) is 14.4. The van der Waals surface area contributed by atoms with Gasteiger partial charge in [0.2, 0.25) is 0 Å². The summed E-state index contributed by atoms with van der Waals surface area (Å²) in [6.45, 7) is 6.09. The number of rotatable bonds is 10. The van der Waals surface area contributed by atoms with Crippen LogP contribution in [0.4, 0.5) is 0 Å². The second-order valence-corrected chi connectivity index (χ2v) is 8.22. The van der Waals surface area contributed by atoms with Crippen LogP contribution in [0.5, 0.6) is 5.75 Å². The smallest absolute Gasteiger partial charge is 0.119 e. The molecular formula is C22H29N3OS. The number of nitrogens with one attached hydrogen (secondary N) is 1. The number of thiophene rings is 1. The van der Waals surface area contributed by atoms with E-state index < -0.39 is 0 Å². The van der Waals surface area contributed by atoms with Crippen molar-refractivity contribution in [2.24, 2.45) is 5.92 Å². The van der Waals surface area contributed by atoms with Crippen molar-refractivity contribution in [3.05, 3.63) is 52.2 Å². The third-order valence-electron chi connectivity index (χ3n) is 5.03. The number of hydrogen-bond acceptors (Lipinski definition) is 5. The number of benzene rings is 1. The lowest BCUT2D eigenvalue weighted by Crippen LogP contribution is -2.36. The van der Waals surface area contributed by atoms with E-state index in [9.17, 15) is 0 Å². The van der Waals surface area contributed by atoms with Gasteiger partial charge >= 0.3 is 0 Å². The maximum Gasteiger partial charge on any atom is 0.119 e. The van der Waals surface area contributed by atoms with Crippen molar-refractivity contribution < 1.29 is 4.74 Å². The minimum absolute atomic E-state index is 0.549. The van der Waals surface area contributed by atoms with Gasteiger partial charge in [-0.25, -0.2) is 0 Å². The van der Waals surface area contributed by atoms with Gasteiger partial charge in [0.25, 0.3) is 0 Å². The Hall–Kier alpha value is -1.87. The second-order valence-electron chi connectivity index (χ2n) is 7.19. The van der Waals surface area contributed by atoms with Crippen molar-refractivity contribution in [1.29, 1.82) is 5.26 Å². The summed E-state index contributed by atoms with van der Waals surface area (Å²) >= 11 is 1.86. The monoisotopic (exact) mass is 383 g/mol. The van der Waals surface area contributed by atoms with E-state index in [1.165, 1.54) is 36.4 Å². The molecule has 0 spiro atoms. The molecule has 0 saturated carbocycles. The zero-order valence-corrected chi connectivity index (χ0v) is 16.7. The molecule has 5 heteroatoms. The fraction of sp³-hybridized carbons (Fsp3) is 0.500. The first kappa shape index (κ1) is 19.9. The number of ether oxygens (including phenoxy) is 1. The molecule has 1 saturated heterocycles. The van der Waals surface area contributed by atoms with Crippen molar-refractivity contribution in [1.82, 2.24) is 10.2 Å². The Morgan fingerprint density at radius 3 is 2.89 bits per heavy atom. The highest BCUT2D eigenvalue weighted by Crippen LogP contribution is 2.20. The molecule has 0 bridgehead atoms. The molecule has 0 aliphatic carbocycles. The van der Waals surface area contributed by atoms with Gasteiger partial charge in [0.05, 0.1) is 12.7 Å². The zero-order valence-electron chi connectivity index (χ0n) is 15.9. The van der Waals surface area contributed by atoms with Gasteiger partial charge in [-0.3, -0.25) is 4.90 Å². The van der Waals surface area contributed by atoms with Gasteiger partial charge in [0, 0.05) is 24.4 Å². The normalized spacial score (nSPS) is 15.5. The first-order chi connectivity index (χ1) is 13.3. The van der Waals surface area contributed by atoms with Gasteiger partial charge in [-0.15, -0.1) is 11.3 Å². The van der Waals surface area contributed by atoms with Crippen LogP contribution in [0.1, 0.15) is 36.1 Å². The predicted molar refractivity (Wildman–Crippen MR) is 111 cm³/mol. The highest BCUT2D eigenvalue weighted by Gasteiger charge is 2.19. The van der Waals surface area contributed by atoms with Crippen LogP contribution in [-0.2, 0) is 13.1 Å². The standard InChI is InChI=1S/C22H29N3OS/c23-10-1-2-13-26-21-6-3-5-20(15-21)17-24-16-19-8-11-25(12-9-19)18-22-7-4-14-27-22/h3-7,14-15,19,24H,1-2,8-9,11-13,16-18H2. The van der Waals surface area contributed by atoms with Crippen molar-refractivity contribution in [3.8, 4) is 11.8 Å². The third-order valence-corrected chi connectivity index (χ3v) is 5.89. The molecule has 1 aliphatic heterocycles. The summed E-state index contributed by atoms with van der Waals surface area (Å²) in [5.74, 6) is 1.67. The largest absolute Gasteiger partial charge is 0.494 e. The second kappa shape index (κ2) is 11.1. The Morgan fingerprint density at radius 2 is 2.11 bits per heavy atom. The van der Waals surface area contributed by atoms with Crippen LogP contribution in [0.3, 0.4) is 0 Å². The zero-order chi connectivity index (χ0) is 18.7. The first-order valence-electron chi connectivity index (χ1n) is 9.87. The minimum Gasteiger partial charge on any atom is -0.494 e. The Bertz CT molecular complexity index is 703. The molecule has 2 aromatic rings.